The summed E-state index contributed by atoms with van der Waals surface area (Å²) in [6.45, 7) is 3.96. The van der Waals surface area contributed by atoms with Crippen LogP contribution in [0.3, 0.4) is 0 Å². The number of nitrogens with zero attached hydrogens (tertiary/aromatic N) is 3. The third kappa shape index (κ3) is 4.54. The highest BCUT2D eigenvalue weighted by Gasteiger charge is 2.24. The molecule has 0 bridgehead atoms. The van der Waals surface area contributed by atoms with Crippen LogP contribution in [0.15, 0.2) is 35.4 Å². The minimum Gasteiger partial charge on any atom is -0.335 e. The van der Waals surface area contributed by atoms with Crippen LogP contribution < -0.4 is 10.9 Å². The van der Waals surface area contributed by atoms with Gasteiger partial charge in [-0.25, -0.2) is 4.98 Å². The van der Waals surface area contributed by atoms with E-state index in [1.54, 1.807) is 18.4 Å². The molecule has 2 amide bonds. The number of aryl methyl sites for hydroxylation is 2. The first-order chi connectivity index (χ1) is 14.8. The lowest BCUT2D eigenvalue weighted by Crippen LogP contribution is -2.38. The van der Waals surface area contributed by atoms with Crippen LogP contribution in [0.5, 0.6) is 0 Å². The summed E-state index contributed by atoms with van der Waals surface area (Å²) in [5.74, 6) is 0.00532. The summed E-state index contributed by atoms with van der Waals surface area (Å²) >= 11 is 1.59. The van der Waals surface area contributed by atoms with Crippen LogP contribution in [0.25, 0.3) is 10.2 Å². The molecule has 1 aliphatic carbocycles. The van der Waals surface area contributed by atoms with Crippen molar-refractivity contribution in [1.82, 2.24) is 14.5 Å². The maximum Gasteiger partial charge on any atom is 0.262 e. The number of benzene rings is 1. The molecule has 0 saturated carbocycles. The Morgan fingerprint density at radius 3 is 2.77 bits per heavy atom. The first kappa shape index (κ1) is 21.2. The normalized spacial score (nSPS) is 15.5. The van der Waals surface area contributed by atoms with Crippen LogP contribution in [-0.2, 0) is 29.0 Å². The van der Waals surface area contributed by atoms with E-state index in [1.807, 2.05) is 31.2 Å². The second-order valence-corrected chi connectivity index (χ2v) is 9.46. The van der Waals surface area contributed by atoms with E-state index in [1.165, 1.54) is 20.7 Å². The summed E-state index contributed by atoms with van der Waals surface area (Å²) < 4.78 is 1.35. The van der Waals surface area contributed by atoms with Crippen LogP contribution in [0.2, 0.25) is 0 Å². The number of hydrogen-bond donors (Lipinski definition) is 1. The Hall–Kier alpha value is -3.00. The van der Waals surface area contributed by atoms with Crippen molar-refractivity contribution >= 4 is 39.1 Å². The second kappa shape index (κ2) is 8.63. The van der Waals surface area contributed by atoms with Crippen molar-refractivity contribution in [3.8, 4) is 0 Å². The predicted molar refractivity (Wildman–Crippen MR) is 123 cm³/mol. The molecule has 8 heteroatoms. The Bertz CT molecular complexity index is 1200. The summed E-state index contributed by atoms with van der Waals surface area (Å²) in [7, 11) is 1.56. The van der Waals surface area contributed by atoms with Crippen LogP contribution in [-0.4, -0.2) is 39.9 Å². The van der Waals surface area contributed by atoms with Crippen molar-refractivity contribution in [2.45, 2.75) is 39.7 Å². The number of aromatic nitrogens is 2. The van der Waals surface area contributed by atoms with E-state index >= 15 is 0 Å². The fourth-order valence-corrected chi connectivity index (χ4v) is 5.23. The quantitative estimate of drug-likeness (QED) is 0.664. The fourth-order valence-electron chi connectivity index (χ4n) is 3.89. The number of rotatable bonds is 5. The van der Waals surface area contributed by atoms with Gasteiger partial charge in [-0.15, -0.1) is 11.3 Å². The molecule has 31 heavy (non-hydrogen) atoms. The minimum atomic E-state index is -0.319. The van der Waals surface area contributed by atoms with Crippen LogP contribution >= 0.6 is 11.3 Å². The Morgan fingerprint density at radius 1 is 1.29 bits per heavy atom. The SMILES string of the molecule is Cc1ccc(NC(=O)CN(C)C(=O)Cn2cnc3sc4c(c3c2=O)CC[C@H](C)C4)cc1. The molecule has 2 aromatic heterocycles. The standard InChI is InChI=1S/C23H26N4O3S/c1-14-4-7-16(8-5-14)25-19(28)11-26(3)20(29)12-27-13-24-22-21(23(27)30)17-9-6-15(2)10-18(17)31-22/h4-5,7-8,13,15H,6,9-12H2,1-3H3,(H,25,28)/t15-/m0/s1. The summed E-state index contributed by atoms with van der Waals surface area (Å²) in [4.78, 5) is 45.8. The average molecular weight is 439 g/mol. The zero-order valence-electron chi connectivity index (χ0n) is 18.0. The van der Waals surface area contributed by atoms with E-state index < -0.39 is 0 Å². The number of hydrogen-bond acceptors (Lipinski definition) is 5. The summed E-state index contributed by atoms with van der Waals surface area (Å²) in [5, 5.41) is 3.43. The van der Waals surface area contributed by atoms with Gasteiger partial charge in [0.25, 0.3) is 5.56 Å². The molecule has 4 rings (SSSR count). The van der Waals surface area contributed by atoms with Gasteiger partial charge in [0.1, 0.15) is 11.4 Å². The summed E-state index contributed by atoms with van der Waals surface area (Å²) in [6.07, 6.45) is 4.36. The molecule has 0 saturated heterocycles. The molecule has 1 aromatic carbocycles. The first-order valence-electron chi connectivity index (χ1n) is 10.4. The number of fused-ring (bicyclic) bond motifs is 3. The highest BCUT2D eigenvalue weighted by atomic mass is 32.1. The average Bonchev–Trinajstić information content (AvgIpc) is 3.09. The molecule has 2 heterocycles. The van der Waals surface area contributed by atoms with E-state index in [0.717, 1.165) is 35.2 Å². The Balaban J connectivity index is 1.45. The van der Waals surface area contributed by atoms with Gasteiger partial charge < -0.3 is 10.2 Å². The van der Waals surface area contributed by atoms with Gasteiger partial charge in [0.05, 0.1) is 18.3 Å². The Kier molecular flexibility index (Phi) is 5.91. The Labute approximate surface area is 184 Å². The number of carbonyl (C=O) groups excluding carboxylic acids is 2. The van der Waals surface area contributed by atoms with Crippen molar-refractivity contribution in [2.24, 2.45) is 5.92 Å². The molecule has 7 nitrogen and oxygen atoms in total. The molecule has 0 spiro atoms. The molecule has 162 valence electrons. The van der Waals surface area contributed by atoms with Gasteiger partial charge in [-0.3, -0.25) is 19.0 Å². The van der Waals surface area contributed by atoms with Crippen molar-refractivity contribution in [1.29, 1.82) is 0 Å². The lowest BCUT2D eigenvalue weighted by Gasteiger charge is -2.18. The van der Waals surface area contributed by atoms with Crippen LogP contribution in [0.4, 0.5) is 5.69 Å². The zero-order chi connectivity index (χ0) is 22.1. The van der Waals surface area contributed by atoms with Crippen molar-refractivity contribution in [3.63, 3.8) is 0 Å². The molecule has 1 atom stereocenters. The van der Waals surface area contributed by atoms with Gasteiger partial charge in [-0.2, -0.15) is 0 Å². The maximum absolute atomic E-state index is 13.1. The van der Waals surface area contributed by atoms with Crippen LogP contribution in [0, 0.1) is 12.8 Å². The first-order valence-corrected chi connectivity index (χ1v) is 11.2. The van der Waals surface area contributed by atoms with E-state index in [2.05, 4.69) is 17.2 Å². The van der Waals surface area contributed by atoms with Gasteiger partial charge in [0.15, 0.2) is 0 Å². The minimum absolute atomic E-state index is 0.0944. The van der Waals surface area contributed by atoms with Crippen molar-refractivity contribution < 1.29 is 9.59 Å². The van der Waals surface area contributed by atoms with Gasteiger partial charge in [0.2, 0.25) is 11.8 Å². The van der Waals surface area contributed by atoms with E-state index in [4.69, 9.17) is 0 Å². The monoisotopic (exact) mass is 438 g/mol. The molecule has 0 aliphatic heterocycles. The molecule has 0 radical (unpaired) electrons. The van der Waals surface area contributed by atoms with Gasteiger partial charge in [-0.05, 0) is 49.8 Å². The van der Waals surface area contributed by atoms with E-state index in [9.17, 15) is 14.4 Å². The van der Waals surface area contributed by atoms with Crippen molar-refractivity contribution in [3.05, 3.63) is 57.0 Å². The van der Waals surface area contributed by atoms with E-state index in [-0.39, 0.29) is 30.5 Å². The van der Waals surface area contributed by atoms with E-state index in [0.29, 0.717) is 17.0 Å². The molecular formula is C23H26N4O3S. The third-order valence-corrected chi connectivity index (χ3v) is 6.89. The molecule has 3 aromatic rings. The van der Waals surface area contributed by atoms with Crippen molar-refractivity contribution in [2.75, 3.05) is 18.9 Å². The maximum atomic E-state index is 13.1. The predicted octanol–water partition coefficient (Wildman–Crippen LogP) is 2.99. The number of amides is 2. The number of likely N-dealkylation sites (N-methyl/N-ethyl adjacent to an activating group) is 1. The lowest BCUT2D eigenvalue weighted by molar-refractivity contribution is -0.133. The van der Waals surface area contributed by atoms with Gasteiger partial charge in [-0.1, -0.05) is 24.6 Å². The number of carbonyl (C=O) groups is 2. The third-order valence-electron chi connectivity index (χ3n) is 5.73. The number of anilines is 1. The van der Waals surface area contributed by atoms with Gasteiger partial charge >= 0.3 is 0 Å². The fraction of sp³-hybridized carbons (Fsp3) is 0.391. The molecule has 1 aliphatic rings. The number of thiophene rings is 1. The highest BCUT2D eigenvalue weighted by molar-refractivity contribution is 7.18. The topological polar surface area (TPSA) is 84.3 Å². The highest BCUT2D eigenvalue weighted by Crippen LogP contribution is 2.35. The molecule has 0 unspecified atom stereocenters. The molecule has 0 fully saturated rings. The largest absolute Gasteiger partial charge is 0.335 e. The Morgan fingerprint density at radius 2 is 2.03 bits per heavy atom. The summed E-state index contributed by atoms with van der Waals surface area (Å²) in [6, 6.07) is 7.45. The molecular weight excluding hydrogens is 412 g/mol. The van der Waals surface area contributed by atoms with Gasteiger partial charge in [0, 0.05) is 17.6 Å². The zero-order valence-corrected chi connectivity index (χ0v) is 18.8. The molecule has 1 N–H and O–H groups in total. The smallest absolute Gasteiger partial charge is 0.262 e. The number of nitrogens with one attached hydrogen (secondary N) is 1. The van der Waals surface area contributed by atoms with Crippen LogP contribution in [0.1, 0.15) is 29.3 Å². The second-order valence-electron chi connectivity index (χ2n) is 8.37. The lowest BCUT2D eigenvalue weighted by atomic mass is 9.89. The summed E-state index contributed by atoms with van der Waals surface area (Å²) in [5.41, 5.74) is 2.70.